The Morgan fingerprint density at radius 2 is 1.84 bits per heavy atom. The summed E-state index contributed by atoms with van der Waals surface area (Å²) in [6, 6.07) is 18.3. The van der Waals surface area contributed by atoms with Gasteiger partial charge >= 0.3 is 0 Å². The lowest BCUT2D eigenvalue weighted by Crippen LogP contribution is -2.14. The second kappa shape index (κ2) is 9.40. The van der Waals surface area contributed by atoms with E-state index in [9.17, 15) is 4.79 Å². The number of carbonyl (C=O) groups excluding carboxylic acids is 1. The summed E-state index contributed by atoms with van der Waals surface area (Å²) in [7, 11) is 3.20. The van der Waals surface area contributed by atoms with Gasteiger partial charge in [-0.2, -0.15) is 0 Å². The summed E-state index contributed by atoms with van der Waals surface area (Å²) in [5.41, 5.74) is 1.49. The lowest BCUT2D eigenvalue weighted by molar-refractivity contribution is -0.113. The van der Waals surface area contributed by atoms with E-state index in [-0.39, 0.29) is 11.7 Å². The zero-order valence-electron chi connectivity index (χ0n) is 16.9. The van der Waals surface area contributed by atoms with Gasteiger partial charge in [-0.05, 0) is 48.5 Å². The highest BCUT2D eigenvalue weighted by molar-refractivity contribution is 7.99. The Balaban J connectivity index is 1.55. The molecular weight excluding hydrogens is 416 g/mol. The van der Waals surface area contributed by atoms with Gasteiger partial charge in [0.05, 0.1) is 31.9 Å². The third kappa shape index (κ3) is 4.72. The molecule has 8 nitrogen and oxygen atoms in total. The molecule has 31 heavy (non-hydrogen) atoms. The Hall–Kier alpha value is -3.72. The second-order valence-corrected chi connectivity index (χ2v) is 7.33. The number of nitrogens with zero attached hydrogens (tertiary/aromatic N) is 3. The number of carbonyl (C=O) groups is 1. The number of benzene rings is 2. The molecule has 0 spiro atoms. The van der Waals surface area contributed by atoms with Gasteiger partial charge in [-0.15, -0.1) is 10.2 Å². The van der Waals surface area contributed by atoms with Crippen molar-refractivity contribution in [2.45, 2.75) is 5.16 Å². The van der Waals surface area contributed by atoms with Crippen LogP contribution in [-0.4, -0.2) is 40.6 Å². The monoisotopic (exact) mass is 436 g/mol. The number of anilines is 1. The van der Waals surface area contributed by atoms with Crippen molar-refractivity contribution in [2.24, 2.45) is 0 Å². The minimum Gasteiger partial charge on any atom is -0.497 e. The molecule has 2 aromatic carbocycles. The second-order valence-electron chi connectivity index (χ2n) is 6.39. The van der Waals surface area contributed by atoms with Crippen molar-refractivity contribution in [1.82, 2.24) is 14.8 Å². The molecule has 0 atom stereocenters. The van der Waals surface area contributed by atoms with Crippen LogP contribution in [0.3, 0.4) is 0 Å². The number of hydrogen-bond acceptors (Lipinski definition) is 7. The summed E-state index contributed by atoms with van der Waals surface area (Å²) in [4.78, 5) is 12.5. The Labute approximate surface area is 183 Å². The van der Waals surface area contributed by atoms with Crippen LogP contribution in [0.4, 0.5) is 5.69 Å². The highest BCUT2D eigenvalue weighted by Crippen LogP contribution is 2.29. The maximum absolute atomic E-state index is 12.5. The van der Waals surface area contributed by atoms with E-state index in [2.05, 4.69) is 15.5 Å². The van der Waals surface area contributed by atoms with Gasteiger partial charge in [0, 0.05) is 11.8 Å². The first-order valence-corrected chi connectivity index (χ1v) is 10.4. The van der Waals surface area contributed by atoms with Crippen LogP contribution in [0.25, 0.3) is 17.3 Å². The molecule has 0 unspecified atom stereocenters. The molecule has 2 aromatic heterocycles. The highest BCUT2D eigenvalue weighted by atomic mass is 32.2. The summed E-state index contributed by atoms with van der Waals surface area (Å²) in [6.45, 7) is 0. The molecule has 158 valence electrons. The summed E-state index contributed by atoms with van der Waals surface area (Å²) < 4.78 is 17.8. The predicted molar refractivity (Wildman–Crippen MR) is 118 cm³/mol. The average Bonchev–Trinajstić information content (AvgIpc) is 3.47. The van der Waals surface area contributed by atoms with Crippen LogP contribution in [-0.2, 0) is 4.79 Å². The van der Waals surface area contributed by atoms with Gasteiger partial charge in [-0.1, -0.05) is 17.8 Å². The zero-order chi connectivity index (χ0) is 21.6. The van der Waals surface area contributed by atoms with Crippen LogP contribution in [0.2, 0.25) is 0 Å². The van der Waals surface area contributed by atoms with Crippen molar-refractivity contribution in [3.8, 4) is 28.8 Å². The number of aromatic nitrogens is 3. The van der Waals surface area contributed by atoms with Gasteiger partial charge in [0.25, 0.3) is 0 Å². The van der Waals surface area contributed by atoms with Gasteiger partial charge in [0.2, 0.25) is 11.7 Å². The predicted octanol–water partition coefficient (Wildman–Crippen LogP) is 4.28. The molecule has 4 aromatic rings. The molecule has 0 aliphatic rings. The van der Waals surface area contributed by atoms with E-state index in [0.717, 1.165) is 11.4 Å². The topological polar surface area (TPSA) is 91.4 Å². The van der Waals surface area contributed by atoms with Crippen LogP contribution < -0.4 is 14.8 Å². The van der Waals surface area contributed by atoms with E-state index in [1.165, 1.54) is 11.8 Å². The van der Waals surface area contributed by atoms with Gasteiger partial charge in [0.15, 0.2) is 10.9 Å². The molecule has 1 N–H and O–H groups in total. The number of thioether (sulfide) groups is 1. The van der Waals surface area contributed by atoms with Gasteiger partial charge < -0.3 is 19.2 Å². The zero-order valence-corrected chi connectivity index (χ0v) is 17.8. The Morgan fingerprint density at radius 1 is 1.03 bits per heavy atom. The number of nitrogens with one attached hydrogen (secondary N) is 1. The third-order valence-corrected chi connectivity index (χ3v) is 5.32. The van der Waals surface area contributed by atoms with Crippen molar-refractivity contribution >= 4 is 23.4 Å². The van der Waals surface area contributed by atoms with E-state index in [1.54, 1.807) is 38.7 Å². The van der Waals surface area contributed by atoms with Crippen molar-refractivity contribution in [1.29, 1.82) is 0 Å². The highest BCUT2D eigenvalue weighted by Gasteiger charge is 2.19. The molecule has 0 saturated heterocycles. The molecule has 0 radical (unpaired) electrons. The Morgan fingerprint density at radius 3 is 2.55 bits per heavy atom. The largest absolute Gasteiger partial charge is 0.497 e. The number of methoxy groups -OCH3 is 2. The number of rotatable bonds is 8. The quantitative estimate of drug-likeness (QED) is 0.412. The number of hydrogen-bond donors (Lipinski definition) is 1. The molecule has 0 aliphatic carbocycles. The van der Waals surface area contributed by atoms with E-state index < -0.39 is 0 Å². The van der Waals surface area contributed by atoms with E-state index in [0.29, 0.717) is 28.2 Å². The molecule has 0 bridgehead atoms. The Kier molecular flexibility index (Phi) is 6.23. The molecule has 0 aliphatic heterocycles. The normalized spacial score (nSPS) is 10.6. The van der Waals surface area contributed by atoms with E-state index >= 15 is 0 Å². The van der Waals surface area contributed by atoms with Crippen LogP contribution in [0.1, 0.15) is 0 Å². The number of amides is 1. The lowest BCUT2D eigenvalue weighted by atomic mass is 10.3. The summed E-state index contributed by atoms with van der Waals surface area (Å²) in [6.07, 6.45) is 1.58. The summed E-state index contributed by atoms with van der Waals surface area (Å²) in [5, 5.41) is 12.0. The first-order chi connectivity index (χ1) is 15.2. The van der Waals surface area contributed by atoms with Gasteiger partial charge in [-0.3, -0.25) is 9.36 Å². The number of furan rings is 1. The molecule has 0 fully saturated rings. The maximum Gasteiger partial charge on any atom is 0.234 e. The molecule has 1 amide bonds. The van der Waals surface area contributed by atoms with Gasteiger partial charge in [0.1, 0.15) is 11.5 Å². The Bertz CT molecular complexity index is 1160. The SMILES string of the molecule is COc1ccc(-n2c(SCC(=O)Nc3cccc(OC)c3)nnc2-c2ccco2)cc1. The van der Waals surface area contributed by atoms with Crippen molar-refractivity contribution in [3.63, 3.8) is 0 Å². The van der Waals surface area contributed by atoms with Crippen LogP contribution in [0, 0.1) is 0 Å². The molecule has 2 heterocycles. The fourth-order valence-corrected chi connectivity index (χ4v) is 3.67. The van der Waals surface area contributed by atoms with Crippen molar-refractivity contribution in [2.75, 3.05) is 25.3 Å². The fourth-order valence-electron chi connectivity index (χ4n) is 2.92. The smallest absolute Gasteiger partial charge is 0.234 e. The number of ether oxygens (including phenoxy) is 2. The average molecular weight is 436 g/mol. The first kappa shape index (κ1) is 20.5. The van der Waals surface area contributed by atoms with E-state index in [1.807, 2.05) is 47.0 Å². The summed E-state index contributed by atoms with van der Waals surface area (Å²) >= 11 is 1.28. The third-order valence-electron chi connectivity index (χ3n) is 4.39. The lowest BCUT2D eigenvalue weighted by Gasteiger charge is -2.10. The van der Waals surface area contributed by atoms with Gasteiger partial charge in [-0.25, -0.2) is 0 Å². The first-order valence-electron chi connectivity index (χ1n) is 9.38. The van der Waals surface area contributed by atoms with Crippen molar-refractivity contribution < 1.29 is 18.7 Å². The van der Waals surface area contributed by atoms with Crippen molar-refractivity contribution in [3.05, 3.63) is 66.9 Å². The van der Waals surface area contributed by atoms with Crippen LogP contribution >= 0.6 is 11.8 Å². The standard InChI is InChI=1S/C22H20N4O4S/c1-28-17-10-8-16(9-11-17)26-21(19-7-4-12-30-19)24-25-22(26)31-14-20(27)23-15-5-3-6-18(13-15)29-2/h3-13H,14H2,1-2H3,(H,23,27). The molecule has 0 saturated carbocycles. The van der Waals surface area contributed by atoms with Crippen LogP contribution in [0.5, 0.6) is 11.5 Å². The maximum atomic E-state index is 12.5. The molecular formula is C22H20N4O4S. The minimum atomic E-state index is -0.165. The molecule has 4 rings (SSSR count). The van der Waals surface area contributed by atoms with Crippen LogP contribution in [0.15, 0.2) is 76.5 Å². The summed E-state index contributed by atoms with van der Waals surface area (Å²) in [5.74, 6) is 2.53. The molecule has 9 heteroatoms. The minimum absolute atomic E-state index is 0.156. The fraction of sp³-hybridized carbons (Fsp3) is 0.136. The van der Waals surface area contributed by atoms with E-state index in [4.69, 9.17) is 13.9 Å².